The Hall–Kier alpha value is -1.74. The maximum atomic E-state index is 12.7. The molecule has 0 aliphatic carbocycles. The molecule has 1 aromatic carbocycles. The second-order valence-corrected chi connectivity index (χ2v) is 3.72. The van der Waals surface area contributed by atoms with E-state index in [1.807, 2.05) is 12.1 Å². The predicted molar refractivity (Wildman–Crippen MR) is 61.3 cm³/mol. The highest BCUT2D eigenvalue weighted by Crippen LogP contribution is 2.15. The molecule has 0 aliphatic rings. The summed E-state index contributed by atoms with van der Waals surface area (Å²) in [6, 6.07) is 10.1. The lowest BCUT2D eigenvalue weighted by Crippen LogP contribution is -2.13. The Kier molecular flexibility index (Phi) is 3.27. The summed E-state index contributed by atoms with van der Waals surface area (Å²) in [6.45, 7) is 0. The Bertz CT molecular complexity index is 439. The summed E-state index contributed by atoms with van der Waals surface area (Å²) >= 11 is 0. The molecule has 82 valence electrons. The van der Waals surface area contributed by atoms with Crippen molar-refractivity contribution in [3.05, 3.63) is 65.7 Å². The number of benzene rings is 1. The quantitative estimate of drug-likeness (QED) is 0.856. The molecule has 0 unspecified atom stereocenters. The monoisotopic (exact) mass is 216 g/mol. The van der Waals surface area contributed by atoms with E-state index < -0.39 is 0 Å². The van der Waals surface area contributed by atoms with Gasteiger partial charge in [0.2, 0.25) is 0 Å². The van der Waals surface area contributed by atoms with Crippen LogP contribution in [0.3, 0.4) is 0 Å². The van der Waals surface area contributed by atoms with Crippen LogP contribution >= 0.6 is 0 Å². The summed E-state index contributed by atoms with van der Waals surface area (Å²) in [4.78, 5) is 4.02. The van der Waals surface area contributed by atoms with E-state index in [1.165, 1.54) is 12.1 Å². The maximum Gasteiger partial charge on any atom is 0.123 e. The van der Waals surface area contributed by atoms with Gasteiger partial charge in [-0.15, -0.1) is 0 Å². The van der Waals surface area contributed by atoms with Crippen LogP contribution in [-0.2, 0) is 6.42 Å². The number of hydrogen-bond donors (Lipinski definition) is 1. The average molecular weight is 216 g/mol. The predicted octanol–water partition coefficient (Wildman–Crippen LogP) is 2.46. The van der Waals surface area contributed by atoms with Gasteiger partial charge in [-0.05, 0) is 35.7 Å². The number of aromatic nitrogens is 1. The minimum Gasteiger partial charge on any atom is -0.324 e. The Morgan fingerprint density at radius 3 is 2.56 bits per heavy atom. The molecule has 1 atom stereocenters. The fraction of sp³-hybridized carbons (Fsp3) is 0.154. The van der Waals surface area contributed by atoms with Gasteiger partial charge in [0, 0.05) is 18.4 Å². The summed E-state index contributed by atoms with van der Waals surface area (Å²) in [5, 5.41) is 0. The first-order valence-electron chi connectivity index (χ1n) is 5.15. The summed E-state index contributed by atoms with van der Waals surface area (Å²) in [6.07, 6.45) is 4.16. The molecule has 2 aromatic rings. The summed E-state index contributed by atoms with van der Waals surface area (Å²) in [7, 11) is 0. The third kappa shape index (κ3) is 2.64. The van der Waals surface area contributed by atoms with Crippen LogP contribution in [0.5, 0.6) is 0 Å². The lowest BCUT2D eigenvalue weighted by molar-refractivity contribution is 0.625. The molecule has 0 amide bonds. The van der Waals surface area contributed by atoms with E-state index in [0.29, 0.717) is 6.42 Å². The van der Waals surface area contributed by atoms with E-state index >= 15 is 0 Å². The standard InChI is InChI=1S/C13H13FN2/c14-12-5-3-10(4-6-12)8-13(15)11-2-1-7-16-9-11/h1-7,9,13H,8,15H2/t13-/m1/s1. The molecule has 2 N–H and O–H groups in total. The van der Waals surface area contributed by atoms with Crippen molar-refractivity contribution in [3.63, 3.8) is 0 Å². The molecule has 0 bridgehead atoms. The van der Waals surface area contributed by atoms with Gasteiger partial charge in [-0.2, -0.15) is 0 Å². The first kappa shape index (κ1) is 10.8. The van der Waals surface area contributed by atoms with Gasteiger partial charge in [-0.1, -0.05) is 18.2 Å². The van der Waals surface area contributed by atoms with Gasteiger partial charge in [0.25, 0.3) is 0 Å². The molecular weight excluding hydrogens is 203 g/mol. The van der Waals surface area contributed by atoms with Crippen molar-refractivity contribution in [2.75, 3.05) is 0 Å². The topological polar surface area (TPSA) is 38.9 Å². The lowest BCUT2D eigenvalue weighted by Gasteiger charge is -2.11. The van der Waals surface area contributed by atoms with Gasteiger partial charge >= 0.3 is 0 Å². The van der Waals surface area contributed by atoms with Crippen LogP contribution in [0.15, 0.2) is 48.8 Å². The van der Waals surface area contributed by atoms with Crippen molar-refractivity contribution < 1.29 is 4.39 Å². The number of pyridine rings is 1. The molecule has 0 radical (unpaired) electrons. The fourth-order valence-corrected chi connectivity index (χ4v) is 1.59. The third-order valence-corrected chi connectivity index (χ3v) is 2.48. The SMILES string of the molecule is N[C@H](Cc1ccc(F)cc1)c1cccnc1. The van der Waals surface area contributed by atoms with Crippen molar-refractivity contribution in [2.24, 2.45) is 5.73 Å². The van der Waals surface area contributed by atoms with E-state index in [-0.39, 0.29) is 11.9 Å². The molecule has 1 aromatic heterocycles. The van der Waals surface area contributed by atoms with Crippen molar-refractivity contribution in [1.29, 1.82) is 0 Å². The van der Waals surface area contributed by atoms with Gasteiger partial charge < -0.3 is 5.73 Å². The van der Waals surface area contributed by atoms with Crippen LogP contribution in [0.1, 0.15) is 17.2 Å². The van der Waals surface area contributed by atoms with E-state index in [9.17, 15) is 4.39 Å². The van der Waals surface area contributed by atoms with Crippen LogP contribution in [0.25, 0.3) is 0 Å². The average Bonchev–Trinajstić information content (AvgIpc) is 2.33. The minimum atomic E-state index is -0.223. The van der Waals surface area contributed by atoms with E-state index in [2.05, 4.69) is 4.98 Å². The molecule has 0 aliphatic heterocycles. The van der Waals surface area contributed by atoms with Gasteiger partial charge in [0.05, 0.1) is 0 Å². The molecule has 0 fully saturated rings. The fourth-order valence-electron chi connectivity index (χ4n) is 1.59. The molecule has 1 heterocycles. The molecule has 2 nitrogen and oxygen atoms in total. The zero-order valence-electron chi connectivity index (χ0n) is 8.81. The van der Waals surface area contributed by atoms with E-state index in [1.54, 1.807) is 24.5 Å². The molecule has 3 heteroatoms. The van der Waals surface area contributed by atoms with Crippen molar-refractivity contribution >= 4 is 0 Å². The Morgan fingerprint density at radius 1 is 1.19 bits per heavy atom. The van der Waals surface area contributed by atoms with Crippen LogP contribution < -0.4 is 5.73 Å². The second kappa shape index (κ2) is 4.86. The summed E-state index contributed by atoms with van der Waals surface area (Å²) in [5.74, 6) is -0.223. The number of halogens is 1. The Labute approximate surface area is 93.9 Å². The van der Waals surface area contributed by atoms with Gasteiger partial charge in [-0.25, -0.2) is 4.39 Å². The molecule has 0 saturated heterocycles. The third-order valence-electron chi connectivity index (χ3n) is 2.48. The van der Waals surface area contributed by atoms with Crippen molar-refractivity contribution in [1.82, 2.24) is 4.98 Å². The highest BCUT2D eigenvalue weighted by atomic mass is 19.1. The Morgan fingerprint density at radius 2 is 1.94 bits per heavy atom. The van der Waals surface area contributed by atoms with Crippen LogP contribution in [0.4, 0.5) is 4.39 Å². The first-order valence-corrected chi connectivity index (χ1v) is 5.15. The summed E-state index contributed by atoms with van der Waals surface area (Å²) < 4.78 is 12.7. The maximum absolute atomic E-state index is 12.7. The molecule has 0 saturated carbocycles. The summed E-state index contributed by atoms with van der Waals surface area (Å²) in [5.41, 5.74) is 8.05. The van der Waals surface area contributed by atoms with Crippen LogP contribution in [0, 0.1) is 5.82 Å². The second-order valence-electron chi connectivity index (χ2n) is 3.72. The first-order chi connectivity index (χ1) is 7.75. The highest BCUT2D eigenvalue weighted by Gasteiger charge is 2.06. The smallest absolute Gasteiger partial charge is 0.123 e. The largest absolute Gasteiger partial charge is 0.324 e. The molecular formula is C13H13FN2. The van der Waals surface area contributed by atoms with E-state index in [0.717, 1.165) is 11.1 Å². The number of rotatable bonds is 3. The number of hydrogen-bond acceptors (Lipinski definition) is 2. The van der Waals surface area contributed by atoms with Crippen LogP contribution in [-0.4, -0.2) is 4.98 Å². The van der Waals surface area contributed by atoms with Gasteiger partial charge in [0.1, 0.15) is 5.82 Å². The zero-order valence-corrected chi connectivity index (χ0v) is 8.81. The number of nitrogens with two attached hydrogens (primary N) is 1. The van der Waals surface area contributed by atoms with Crippen LogP contribution in [0.2, 0.25) is 0 Å². The normalized spacial score (nSPS) is 12.4. The molecule has 2 rings (SSSR count). The molecule has 16 heavy (non-hydrogen) atoms. The highest BCUT2D eigenvalue weighted by molar-refractivity contribution is 5.21. The van der Waals surface area contributed by atoms with Crippen molar-refractivity contribution in [3.8, 4) is 0 Å². The van der Waals surface area contributed by atoms with Gasteiger partial charge in [-0.3, -0.25) is 4.98 Å². The van der Waals surface area contributed by atoms with Crippen molar-refractivity contribution in [2.45, 2.75) is 12.5 Å². The Balaban J connectivity index is 2.08. The zero-order chi connectivity index (χ0) is 11.4. The van der Waals surface area contributed by atoms with Gasteiger partial charge in [0.15, 0.2) is 0 Å². The van der Waals surface area contributed by atoms with E-state index in [4.69, 9.17) is 5.73 Å². The minimum absolute atomic E-state index is 0.0980. The number of nitrogens with zero attached hydrogens (tertiary/aromatic N) is 1. The molecule has 0 spiro atoms. The lowest BCUT2D eigenvalue weighted by atomic mass is 10.0.